The predicted octanol–water partition coefficient (Wildman–Crippen LogP) is 3.78. The van der Waals surface area contributed by atoms with Crippen molar-refractivity contribution in [2.24, 2.45) is 0 Å². The van der Waals surface area contributed by atoms with E-state index in [0.29, 0.717) is 19.6 Å². The molecule has 1 aliphatic rings. The maximum absolute atomic E-state index is 13.4. The molecule has 1 heterocycles. The smallest absolute Gasteiger partial charge is 0.320 e. The molecule has 2 aromatic carbocycles. The van der Waals surface area contributed by atoms with E-state index in [-0.39, 0.29) is 5.82 Å². The topological polar surface area (TPSA) is 49.8 Å². The highest BCUT2D eigenvalue weighted by Gasteiger charge is 2.41. The van der Waals surface area contributed by atoms with E-state index < -0.39 is 17.6 Å². The molecule has 0 fully saturated rings. The van der Waals surface area contributed by atoms with E-state index in [1.165, 1.54) is 12.1 Å². The van der Waals surface area contributed by atoms with Crippen molar-refractivity contribution in [2.75, 3.05) is 13.6 Å². The van der Waals surface area contributed by atoms with Gasteiger partial charge in [-0.1, -0.05) is 36.4 Å². The third-order valence-corrected chi connectivity index (χ3v) is 5.30. The van der Waals surface area contributed by atoms with Crippen molar-refractivity contribution in [1.29, 1.82) is 0 Å². The van der Waals surface area contributed by atoms with Crippen LogP contribution in [0.25, 0.3) is 0 Å². The highest BCUT2D eigenvalue weighted by atomic mass is 19.1. The minimum Gasteiger partial charge on any atom is -0.480 e. The van der Waals surface area contributed by atoms with Crippen LogP contribution in [0.2, 0.25) is 0 Å². The SMILES string of the molecule is CC(C(=O)O)N(C)CCCC1(c2ccc(F)cc2)OCc2ccccc21. The molecule has 4 nitrogen and oxygen atoms in total. The Kier molecular flexibility index (Phi) is 5.39. The molecule has 3 rings (SSSR count). The van der Waals surface area contributed by atoms with Gasteiger partial charge in [0, 0.05) is 0 Å². The second-order valence-electron chi connectivity index (χ2n) is 6.88. The molecule has 2 aromatic rings. The number of rotatable bonds is 7. The van der Waals surface area contributed by atoms with Gasteiger partial charge in [-0.05, 0) is 62.2 Å². The Morgan fingerprint density at radius 2 is 1.96 bits per heavy atom. The largest absolute Gasteiger partial charge is 0.480 e. The highest BCUT2D eigenvalue weighted by Crippen LogP contribution is 2.45. The lowest BCUT2D eigenvalue weighted by Gasteiger charge is -2.32. The van der Waals surface area contributed by atoms with Crippen molar-refractivity contribution in [1.82, 2.24) is 4.90 Å². The fraction of sp³-hybridized carbons (Fsp3) is 0.381. The van der Waals surface area contributed by atoms with Gasteiger partial charge in [0.15, 0.2) is 0 Å². The minimum atomic E-state index is -0.830. The molecule has 0 amide bonds. The van der Waals surface area contributed by atoms with Gasteiger partial charge in [-0.3, -0.25) is 9.69 Å². The summed E-state index contributed by atoms with van der Waals surface area (Å²) in [5.74, 6) is -1.10. The zero-order valence-electron chi connectivity index (χ0n) is 15.1. The molecule has 26 heavy (non-hydrogen) atoms. The summed E-state index contributed by atoms with van der Waals surface area (Å²) < 4.78 is 19.7. The van der Waals surface area contributed by atoms with E-state index >= 15 is 0 Å². The van der Waals surface area contributed by atoms with Crippen LogP contribution in [0.15, 0.2) is 48.5 Å². The monoisotopic (exact) mass is 357 g/mol. The second-order valence-corrected chi connectivity index (χ2v) is 6.88. The summed E-state index contributed by atoms with van der Waals surface area (Å²) >= 11 is 0. The Morgan fingerprint density at radius 1 is 1.27 bits per heavy atom. The Morgan fingerprint density at radius 3 is 2.65 bits per heavy atom. The van der Waals surface area contributed by atoms with E-state index in [9.17, 15) is 9.18 Å². The number of halogens is 1. The number of benzene rings is 2. The summed E-state index contributed by atoms with van der Waals surface area (Å²) in [4.78, 5) is 13.0. The molecular formula is C21H24FNO3. The Hall–Kier alpha value is -2.24. The first kappa shape index (κ1) is 18.5. The molecule has 0 saturated heterocycles. The first-order valence-corrected chi connectivity index (χ1v) is 8.85. The van der Waals surface area contributed by atoms with E-state index in [1.807, 2.05) is 24.1 Å². The molecule has 0 saturated carbocycles. The van der Waals surface area contributed by atoms with E-state index in [4.69, 9.17) is 9.84 Å². The number of carboxylic acids is 1. The van der Waals surface area contributed by atoms with Crippen molar-refractivity contribution in [3.05, 3.63) is 71.0 Å². The maximum Gasteiger partial charge on any atom is 0.320 e. The first-order chi connectivity index (χ1) is 12.4. The van der Waals surface area contributed by atoms with Crippen molar-refractivity contribution in [2.45, 2.75) is 38.0 Å². The van der Waals surface area contributed by atoms with Crippen LogP contribution >= 0.6 is 0 Å². The summed E-state index contributed by atoms with van der Waals surface area (Å²) in [6, 6.07) is 14.0. The van der Waals surface area contributed by atoms with E-state index in [0.717, 1.165) is 23.1 Å². The van der Waals surface area contributed by atoms with Crippen molar-refractivity contribution < 1.29 is 19.0 Å². The van der Waals surface area contributed by atoms with Gasteiger partial charge in [-0.2, -0.15) is 0 Å². The molecule has 1 N–H and O–H groups in total. The summed E-state index contributed by atoms with van der Waals surface area (Å²) in [6.07, 6.45) is 1.46. The van der Waals surface area contributed by atoms with Gasteiger partial charge < -0.3 is 9.84 Å². The molecule has 0 aromatic heterocycles. The average molecular weight is 357 g/mol. The van der Waals surface area contributed by atoms with Crippen molar-refractivity contribution in [3.63, 3.8) is 0 Å². The lowest BCUT2D eigenvalue weighted by molar-refractivity contribution is -0.142. The molecule has 2 atom stereocenters. The van der Waals surface area contributed by atoms with Crippen LogP contribution in [0.5, 0.6) is 0 Å². The lowest BCUT2D eigenvalue weighted by Crippen LogP contribution is -2.37. The Labute approximate surface area is 153 Å². The van der Waals surface area contributed by atoms with Crippen molar-refractivity contribution >= 4 is 5.97 Å². The molecule has 0 aliphatic carbocycles. The number of carbonyl (C=O) groups is 1. The molecule has 2 unspecified atom stereocenters. The van der Waals surface area contributed by atoms with Gasteiger partial charge >= 0.3 is 5.97 Å². The fourth-order valence-electron chi connectivity index (χ4n) is 3.59. The first-order valence-electron chi connectivity index (χ1n) is 8.85. The number of likely N-dealkylation sites (N-methyl/N-ethyl adjacent to an activating group) is 1. The molecule has 0 radical (unpaired) electrons. The van der Waals surface area contributed by atoms with Crippen LogP contribution < -0.4 is 0 Å². The lowest BCUT2D eigenvalue weighted by atomic mass is 9.82. The van der Waals surface area contributed by atoms with Gasteiger partial charge in [0.05, 0.1) is 6.61 Å². The number of carboxylic acid groups (broad SMARTS) is 1. The van der Waals surface area contributed by atoms with E-state index in [1.54, 1.807) is 19.1 Å². The number of hydrogen-bond acceptors (Lipinski definition) is 3. The number of nitrogens with zero attached hydrogens (tertiary/aromatic N) is 1. The van der Waals surface area contributed by atoms with Gasteiger partial charge in [-0.25, -0.2) is 4.39 Å². The Balaban J connectivity index is 1.84. The Bertz CT molecular complexity index is 777. The van der Waals surface area contributed by atoms with Crippen LogP contribution in [0.1, 0.15) is 36.5 Å². The molecule has 138 valence electrons. The zero-order valence-corrected chi connectivity index (χ0v) is 15.1. The van der Waals surface area contributed by atoms with Crippen LogP contribution in [0, 0.1) is 5.82 Å². The maximum atomic E-state index is 13.4. The fourth-order valence-corrected chi connectivity index (χ4v) is 3.59. The molecule has 5 heteroatoms. The van der Waals surface area contributed by atoms with Gasteiger partial charge in [0.1, 0.15) is 17.5 Å². The second kappa shape index (κ2) is 7.56. The molecule has 0 bridgehead atoms. The highest BCUT2D eigenvalue weighted by molar-refractivity contribution is 5.72. The van der Waals surface area contributed by atoms with Gasteiger partial charge in [0.25, 0.3) is 0 Å². The molecule has 1 aliphatic heterocycles. The number of hydrogen-bond donors (Lipinski definition) is 1. The van der Waals surface area contributed by atoms with Crippen LogP contribution in [0.3, 0.4) is 0 Å². The van der Waals surface area contributed by atoms with Crippen LogP contribution in [-0.4, -0.2) is 35.6 Å². The van der Waals surface area contributed by atoms with Crippen LogP contribution in [-0.2, 0) is 21.7 Å². The standard InChI is InChI=1S/C21H24FNO3/c1-15(20(24)25)23(2)13-5-12-21(17-8-10-18(22)11-9-17)19-7-4-3-6-16(19)14-26-21/h3-4,6-11,15H,5,12-14H2,1-2H3,(H,24,25). The number of fused-ring (bicyclic) bond motifs is 1. The van der Waals surface area contributed by atoms with E-state index in [2.05, 4.69) is 12.1 Å². The average Bonchev–Trinajstić information content (AvgIpc) is 3.01. The quantitative estimate of drug-likeness (QED) is 0.819. The van der Waals surface area contributed by atoms with Crippen molar-refractivity contribution in [3.8, 4) is 0 Å². The summed E-state index contributed by atoms with van der Waals surface area (Å²) in [5, 5.41) is 9.15. The summed E-state index contributed by atoms with van der Waals surface area (Å²) in [5.41, 5.74) is 2.57. The number of aliphatic carboxylic acids is 1. The van der Waals surface area contributed by atoms with Gasteiger partial charge in [0.2, 0.25) is 0 Å². The summed E-state index contributed by atoms with van der Waals surface area (Å²) in [7, 11) is 1.81. The van der Waals surface area contributed by atoms with Gasteiger partial charge in [-0.15, -0.1) is 0 Å². The minimum absolute atomic E-state index is 0.273. The summed E-state index contributed by atoms with van der Waals surface area (Å²) in [6.45, 7) is 2.84. The third kappa shape index (κ3) is 3.50. The zero-order chi connectivity index (χ0) is 18.7. The molecule has 0 spiro atoms. The molecular weight excluding hydrogens is 333 g/mol. The van der Waals surface area contributed by atoms with Crippen LogP contribution in [0.4, 0.5) is 4.39 Å². The normalized spacial score (nSPS) is 20.2. The predicted molar refractivity (Wildman–Crippen MR) is 97.4 cm³/mol. The number of ether oxygens (including phenoxy) is 1. The third-order valence-electron chi connectivity index (χ3n) is 5.30.